The zero-order chi connectivity index (χ0) is 44.6. The third-order valence-electron chi connectivity index (χ3n) is 11.2. The average molecular weight is 865 g/mol. The van der Waals surface area contributed by atoms with Gasteiger partial charge in [-0.1, -0.05) is 166 Å². The van der Waals surface area contributed by atoms with Crippen molar-refractivity contribution in [2.45, 2.75) is 250 Å². The standard InChI is InChI=1S/C50H88O11/c1-3-5-7-9-11-13-15-17-19-20-21-22-23-24-25-27-28-30-32-34-36-38-43(51)58-40-42(41-59-50-47(55)45(53)46(54)48(61-50)49(56)57)60-44(52)39-37-35-33-31-29-26-18-16-14-12-10-8-6-4-2/h15-18,20-21,42,45-48,50,53-55H,3-14,19,22-41H2,1-2H3,(H,56,57)/b17-15-,18-16-,21-20-. The zero-order valence-corrected chi connectivity index (χ0v) is 38.4. The maximum atomic E-state index is 12.8. The number of aliphatic carboxylic acids is 1. The summed E-state index contributed by atoms with van der Waals surface area (Å²) in [7, 11) is 0. The lowest BCUT2D eigenvalue weighted by Gasteiger charge is -2.38. The van der Waals surface area contributed by atoms with Crippen LogP contribution in [0.5, 0.6) is 0 Å². The lowest BCUT2D eigenvalue weighted by molar-refractivity contribution is -0.298. The van der Waals surface area contributed by atoms with Crippen LogP contribution >= 0.6 is 0 Å². The summed E-state index contributed by atoms with van der Waals surface area (Å²) in [6.45, 7) is 3.79. The van der Waals surface area contributed by atoms with Crippen molar-refractivity contribution >= 4 is 17.9 Å². The third kappa shape index (κ3) is 31.9. The molecular formula is C50H88O11. The molecule has 0 spiro atoms. The van der Waals surface area contributed by atoms with Gasteiger partial charge in [0, 0.05) is 12.8 Å². The van der Waals surface area contributed by atoms with Gasteiger partial charge in [0.05, 0.1) is 6.61 Å². The second-order valence-electron chi connectivity index (χ2n) is 16.9. The van der Waals surface area contributed by atoms with Gasteiger partial charge in [0.1, 0.15) is 24.9 Å². The Morgan fingerprint density at radius 1 is 0.508 bits per heavy atom. The highest BCUT2D eigenvalue weighted by molar-refractivity contribution is 5.73. The van der Waals surface area contributed by atoms with Crippen LogP contribution in [0.15, 0.2) is 36.5 Å². The molecule has 1 aliphatic heterocycles. The maximum absolute atomic E-state index is 12.8. The van der Waals surface area contributed by atoms with Crippen LogP contribution in [0.1, 0.15) is 213 Å². The quantitative estimate of drug-likeness (QED) is 0.0262. The number of hydrogen-bond acceptors (Lipinski definition) is 10. The Labute approximate surface area is 370 Å². The predicted molar refractivity (Wildman–Crippen MR) is 243 cm³/mol. The molecule has 1 heterocycles. The van der Waals surface area contributed by atoms with Crippen molar-refractivity contribution in [1.29, 1.82) is 0 Å². The van der Waals surface area contributed by atoms with Crippen LogP contribution in [0.3, 0.4) is 0 Å². The summed E-state index contributed by atoms with van der Waals surface area (Å²) >= 11 is 0. The number of aliphatic hydroxyl groups is 3. The van der Waals surface area contributed by atoms with Crippen LogP contribution in [-0.4, -0.2) is 88.4 Å². The summed E-state index contributed by atoms with van der Waals surface area (Å²) in [5.74, 6) is -2.46. The number of carbonyl (C=O) groups is 3. The van der Waals surface area contributed by atoms with Gasteiger partial charge >= 0.3 is 17.9 Å². The van der Waals surface area contributed by atoms with E-state index in [4.69, 9.17) is 18.9 Å². The second kappa shape index (κ2) is 40.2. The summed E-state index contributed by atoms with van der Waals surface area (Å²) in [5.41, 5.74) is 0. The molecule has 0 saturated carbocycles. The van der Waals surface area contributed by atoms with E-state index in [1.54, 1.807) is 0 Å². The first-order chi connectivity index (χ1) is 29.7. The average Bonchev–Trinajstić information content (AvgIpc) is 3.24. The Bertz CT molecular complexity index is 1150. The van der Waals surface area contributed by atoms with Gasteiger partial charge in [-0.05, 0) is 70.6 Å². The Morgan fingerprint density at radius 3 is 1.38 bits per heavy atom. The van der Waals surface area contributed by atoms with E-state index in [1.807, 2.05) is 0 Å². The van der Waals surface area contributed by atoms with Crippen LogP contribution in [0.2, 0.25) is 0 Å². The molecule has 11 nitrogen and oxygen atoms in total. The monoisotopic (exact) mass is 865 g/mol. The maximum Gasteiger partial charge on any atom is 0.335 e. The number of carboxylic acids is 1. The molecule has 0 aromatic rings. The topological polar surface area (TPSA) is 169 Å². The van der Waals surface area contributed by atoms with E-state index < -0.39 is 61.3 Å². The normalized spacial score (nSPS) is 19.9. The Balaban J connectivity index is 2.31. The SMILES string of the molecule is CCCCCCC/C=C\C/C=C\CCCCCCCCCCCC(=O)OCC(COC1OC(C(=O)O)C(O)C(O)C1O)OC(=O)CCCCCCC/C=C\CCCCCCC. The molecule has 0 aromatic heterocycles. The minimum Gasteiger partial charge on any atom is -0.479 e. The zero-order valence-electron chi connectivity index (χ0n) is 38.4. The van der Waals surface area contributed by atoms with E-state index in [-0.39, 0.29) is 19.4 Å². The van der Waals surface area contributed by atoms with Gasteiger partial charge in [0.2, 0.25) is 0 Å². The fraction of sp³-hybridized carbons (Fsp3) is 0.820. The van der Waals surface area contributed by atoms with Gasteiger partial charge < -0.3 is 39.4 Å². The lowest BCUT2D eigenvalue weighted by atomic mass is 9.99. The molecule has 4 N–H and O–H groups in total. The van der Waals surface area contributed by atoms with Crippen LogP contribution < -0.4 is 0 Å². The van der Waals surface area contributed by atoms with Gasteiger partial charge in [-0.3, -0.25) is 9.59 Å². The Morgan fingerprint density at radius 2 is 0.918 bits per heavy atom. The highest BCUT2D eigenvalue weighted by atomic mass is 16.7. The number of carboxylic acid groups (broad SMARTS) is 1. The van der Waals surface area contributed by atoms with Gasteiger partial charge in [-0.2, -0.15) is 0 Å². The molecule has 0 aliphatic carbocycles. The van der Waals surface area contributed by atoms with Crippen molar-refractivity contribution < 1.29 is 53.8 Å². The van der Waals surface area contributed by atoms with Crippen molar-refractivity contribution in [2.24, 2.45) is 0 Å². The molecule has 1 rings (SSSR count). The molecule has 1 saturated heterocycles. The van der Waals surface area contributed by atoms with Crippen molar-refractivity contribution in [3.8, 4) is 0 Å². The predicted octanol–water partition coefficient (Wildman–Crippen LogP) is 11.2. The molecule has 61 heavy (non-hydrogen) atoms. The summed E-state index contributed by atoms with van der Waals surface area (Å²) < 4.78 is 21.8. The van der Waals surface area contributed by atoms with Gasteiger partial charge in [0.25, 0.3) is 0 Å². The number of allylic oxidation sites excluding steroid dienone is 6. The Hall–Kier alpha value is -2.57. The third-order valence-corrected chi connectivity index (χ3v) is 11.2. The minimum atomic E-state index is -1.86. The lowest BCUT2D eigenvalue weighted by Crippen LogP contribution is -2.60. The Kier molecular flexibility index (Phi) is 37.2. The highest BCUT2D eigenvalue weighted by Gasteiger charge is 2.47. The van der Waals surface area contributed by atoms with Crippen LogP contribution in [0.25, 0.3) is 0 Å². The largest absolute Gasteiger partial charge is 0.479 e. The number of carbonyl (C=O) groups excluding carboxylic acids is 2. The van der Waals surface area contributed by atoms with Crippen molar-refractivity contribution in [2.75, 3.05) is 13.2 Å². The summed E-state index contributed by atoms with van der Waals surface area (Å²) in [6.07, 6.45) is 37.6. The van der Waals surface area contributed by atoms with E-state index in [1.165, 1.54) is 103 Å². The fourth-order valence-electron chi connectivity index (χ4n) is 7.32. The smallest absolute Gasteiger partial charge is 0.335 e. The van der Waals surface area contributed by atoms with Gasteiger partial charge in [-0.15, -0.1) is 0 Å². The molecule has 0 aromatic carbocycles. The first-order valence-corrected chi connectivity index (χ1v) is 24.5. The fourth-order valence-corrected chi connectivity index (χ4v) is 7.32. The number of rotatable bonds is 41. The van der Waals surface area contributed by atoms with Gasteiger partial charge in [-0.25, -0.2) is 4.79 Å². The number of hydrogen-bond donors (Lipinski definition) is 4. The molecule has 354 valence electrons. The van der Waals surface area contributed by atoms with E-state index in [9.17, 15) is 34.8 Å². The second-order valence-corrected chi connectivity index (χ2v) is 16.9. The van der Waals surface area contributed by atoms with Crippen LogP contribution in [-0.2, 0) is 33.3 Å². The first-order valence-electron chi connectivity index (χ1n) is 24.5. The van der Waals surface area contributed by atoms with Crippen molar-refractivity contribution in [3.05, 3.63) is 36.5 Å². The van der Waals surface area contributed by atoms with E-state index >= 15 is 0 Å². The molecule has 0 radical (unpaired) electrons. The number of esters is 2. The van der Waals surface area contributed by atoms with E-state index in [0.29, 0.717) is 12.8 Å². The van der Waals surface area contributed by atoms with E-state index in [2.05, 4.69) is 50.3 Å². The van der Waals surface area contributed by atoms with E-state index in [0.717, 1.165) is 70.6 Å². The molecule has 1 fully saturated rings. The highest BCUT2D eigenvalue weighted by Crippen LogP contribution is 2.23. The number of ether oxygens (including phenoxy) is 4. The molecule has 6 unspecified atom stereocenters. The molecular weight excluding hydrogens is 777 g/mol. The van der Waals surface area contributed by atoms with Gasteiger partial charge in [0.15, 0.2) is 18.5 Å². The summed E-state index contributed by atoms with van der Waals surface area (Å²) in [6, 6.07) is 0. The molecule has 6 atom stereocenters. The first kappa shape index (κ1) is 56.4. The summed E-state index contributed by atoms with van der Waals surface area (Å²) in [5, 5.41) is 39.9. The van der Waals surface area contributed by atoms with Crippen molar-refractivity contribution in [1.82, 2.24) is 0 Å². The summed E-state index contributed by atoms with van der Waals surface area (Å²) in [4.78, 5) is 36.9. The molecule has 0 bridgehead atoms. The molecule has 1 aliphatic rings. The number of unbranched alkanes of at least 4 members (excludes halogenated alkanes) is 24. The van der Waals surface area contributed by atoms with Crippen LogP contribution in [0, 0.1) is 0 Å². The minimum absolute atomic E-state index is 0.172. The van der Waals surface area contributed by atoms with Crippen LogP contribution in [0.4, 0.5) is 0 Å². The van der Waals surface area contributed by atoms with Crippen molar-refractivity contribution in [3.63, 3.8) is 0 Å². The molecule has 0 amide bonds. The molecule has 11 heteroatoms. The number of aliphatic hydroxyl groups excluding tert-OH is 3.